The summed E-state index contributed by atoms with van der Waals surface area (Å²) in [5, 5.41) is 2.86. The largest absolute Gasteiger partial charge is 0.493 e. The van der Waals surface area contributed by atoms with Gasteiger partial charge >= 0.3 is 0 Å². The smallest absolute Gasteiger partial charge is 0.223 e. The first-order chi connectivity index (χ1) is 13.6. The number of rotatable bonds is 10. The Balaban J connectivity index is 1.72. The third-order valence-electron chi connectivity index (χ3n) is 4.27. The molecule has 0 aliphatic carbocycles. The molecule has 0 heterocycles. The van der Waals surface area contributed by atoms with Crippen molar-refractivity contribution in [3.05, 3.63) is 65.2 Å². The lowest BCUT2D eigenvalue weighted by Crippen LogP contribution is -2.33. The van der Waals surface area contributed by atoms with E-state index >= 15 is 0 Å². The van der Waals surface area contributed by atoms with E-state index < -0.39 is 0 Å². The van der Waals surface area contributed by atoms with Gasteiger partial charge in [-0.3, -0.25) is 9.69 Å². The molecule has 2 aromatic rings. The van der Waals surface area contributed by atoms with Crippen LogP contribution >= 0.6 is 0 Å². The second kappa shape index (κ2) is 11.5. The Labute approximate surface area is 167 Å². The summed E-state index contributed by atoms with van der Waals surface area (Å²) in [5.74, 6) is 6.00. The van der Waals surface area contributed by atoms with Gasteiger partial charge in [0.2, 0.25) is 5.91 Å². The highest BCUT2D eigenvalue weighted by atomic mass is 16.5. The maximum Gasteiger partial charge on any atom is 0.223 e. The second-order valence-corrected chi connectivity index (χ2v) is 6.51. The van der Waals surface area contributed by atoms with Gasteiger partial charge in [-0.25, -0.2) is 0 Å². The third-order valence-corrected chi connectivity index (χ3v) is 4.27. The lowest BCUT2D eigenvalue weighted by molar-refractivity contribution is -0.121. The van der Waals surface area contributed by atoms with E-state index in [1.807, 2.05) is 60.5 Å². The van der Waals surface area contributed by atoms with Crippen LogP contribution in [0.15, 0.2) is 48.5 Å². The number of carbonyl (C=O) groups excluding carboxylic acids is 1. The molecule has 0 aliphatic rings. The fraction of sp³-hybridized carbons (Fsp3) is 0.292. The van der Waals surface area contributed by atoms with Crippen LogP contribution in [-0.2, 0) is 11.2 Å². The van der Waals surface area contributed by atoms with E-state index in [0.717, 1.165) is 35.4 Å². The van der Waals surface area contributed by atoms with Crippen LogP contribution in [0.1, 0.15) is 23.1 Å². The minimum atomic E-state index is -0.0309. The van der Waals surface area contributed by atoms with E-state index in [1.165, 1.54) is 0 Å². The van der Waals surface area contributed by atoms with Crippen LogP contribution < -0.4 is 10.1 Å². The molecule has 0 fully saturated rings. The van der Waals surface area contributed by atoms with Gasteiger partial charge < -0.3 is 10.1 Å². The van der Waals surface area contributed by atoms with Crippen molar-refractivity contribution in [1.82, 2.24) is 10.2 Å². The highest BCUT2D eigenvalue weighted by Gasteiger charge is 2.04. The first-order valence-electron chi connectivity index (χ1n) is 9.27. The van der Waals surface area contributed by atoms with Gasteiger partial charge in [-0.1, -0.05) is 42.2 Å². The van der Waals surface area contributed by atoms with Gasteiger partial charge in [0.05, 0.1) is 19.6 Å². The van der Waals surface area contributed by atoms with Gasteiger partial charge in [-0.15, -0.1) is 12.8 Å². The highest BCUT2D eigenvalue weighted by Crippen LogP contribution is 2.17. The van der Waals surface area contributed by atoms with Gasteiger partial charge in [0, 0.05) is 18.7 Å². The molecule has 1 amide bonds. The van der Waals surface area contributed by atoms with Gasteiger partial charge in [0.1, 0.15) is 5.75 Å². The van der Waals surface area contributed by atoms with Crippen LogP contribution in [-0.4, -0.2) is 44.1 Å². The van der Waals surface area contributed by atoms with Crippen molar-refractivity contribution in [2.24, 2.45) is 0 Å². The molecule has 0 saturated heterocycles. The number of likely N-dealkylation sites (N-methyl/N-ethyl adjacent to an activating group) is 1. The monoisotopic (exact) mass is 374 g/mol. The first kappa shape index (κ1) is 21.1. The Morgan fingerprint density at radius 1 is 1.14 bits per heavy atom. The Morgan fingerprint density at radius 2 is 1.89 bits per heavy atom. The van der Waals surface area contributed by atoms with Gasteiger partial charge in [0.15, 0.2) is 0 Å². The van der Waals surface area contributed by atoms with Crippen LogP contribution in [0.25, 0.3) is 0 Å². The van der Waals surface area contributed by atoms with Crippen molar-refractivity contribution in [2.45, 2.75) is 12.8 Å². The van der Waals surface area contributed by atoms with Crippen molar-refractivity contribution >= 4 is 5.91 Å². The summed E-state index contributed by atoms with van der Waals surface area (Å²) >= 11 is 0. The van der Waals surface area contributed by atoms with E-state index in [2.05, 4.69) is 17.2 Å². The standard InChI is InChI=1S/C24H26N2O2/c1-4-16-26(3)17-15-25-24(27)14-18-28-23-12-10-20(11-13-23)19-22-9-7-6-8-21(22)5-2/h1-2,6-13H,14-19H2,3H3,(H,25,27). The van der Waals surface area contributed by atoms with Crippen molar-refractivity contribution < 1.29 is 9.53 Å². The van der Waals surface area contributed by atoms with Crippen molar-refractivity contribution in [2.75, 3.05) is 33.3 Å². The Hall–Kier alpha value is -3.21. The fourth-order valence-corrected chi connectivity index (χ4v) is 2.71. The van der Waals surface area contributed by atoms with Crippen molar-refractivity contribution in [1.29, 1.82) is 0 Å². The Morgan fingerprint density at radius 3 is 2.61 bits per heavy atom. The van der Waals surface area contributed by atoms with E-state index in [4.69, 9.17) is 17.6 Å². The van der Waals surface area contributed by atoms with Gasteiger partial charge in [0.25, 0.3) is 0 Å². The summed E-state index contributed by atoms with van der Waals surface area (Å²) in [4.78, 5) is 13.8. The van der Waals surface area contributed by atoms with E-state index in [1.54, 1.807) is 0 Å². The van der Waals surface area contributed by atoms with Crippen molar-refractivity contribution in [3.8, 4) is 30.4 Å². The van der Waals surface area contributed by atoms with Gasteiger partial charge in [-0.05, 0) is 42.8 Å². The third kappa shape index (κ3) is 7.19. The van der Waals surface area contributed by atoms with Crippen molar-refractivity contribution in [3.63, 3.8) is 0 Å². The average Bonchev–Trinajstić information content (AvgIpc) is 2.70. The fourth-order valence-electron chi connectivity index (χ4n) is 2.71. The van der Waals surface area contributed by atoms with Crippen LogP contribution in [0.5, 0.6) is 5.75 Å². The number of terminal acetylenes is 2. The maximum atomic E-state index is 11.8. The molecule has 0 unspecified atom stereocenters. The molecule has 1 N–H and O–H groups in total. The minimum Gasteiger partial charge on any atom is -0.493 e. The molecule has 28 heavy (non-hydrogen) atoms. The molecule has 0 aromatic heterocycles. The molecule has 2 aromatic carbocycles. The molecule has 0 aliphatic heterocycles. The molecule has 0 radical (unpaired) electrons. The molecule has 2 rings (SSSR count). The predicted molar refractivity (Wildman–Crippen MR) is 113 cm³/mol. The predicted octanol–water partition coefficient (Wildman–Crippen LogP) is 2.71. The van der Waals surface area contributed by atoms with Gasteiger partial charge in [-0.2, -0.15) is 0 Å². The molecular formula is C24H26N2O2. The first-order valence-corrected chi connectivity index (χ1v) is 9.27. The number of hydrogen-bond donors (Lipinski definition) is 1. The molecule has 4 heteroatoms. The number of benzene rings is 2. The van der Waals surface area contributed by atoms with Crippen LogP contribution in [0, 0.1) is 24.7 Å². The molecular weight excluding hydrogens is 348 g/mol. The summed E-state index contributed by atoms with van der Waals surface area (Å²) in [6.45, 7) is 2.21. The van der Waals surface area contributed by atoms with E-state index in [-0.39, 0.29) is 5.91 Å². The zero-order valence-corrected chi connectivity index (χ0v) is 16.3. The SMILES string of the molecule is C#CCN(C)CCNC(=O)CCOc1ccc(Cc2ccccc2C#C)cc1. The highest BCUT2D eigenvalue weighted by molar-refractivity contribution is 5.75. The number of hydrogen-bond acceptors (Lipinski definition) is 3. The number of ether oxygens (including phenoxy) is 1. The average molecular weight is 374 g/mol. The zero-order chi connectivity index (χ0) is 20.2. The minimum absolute atomic E-state index is 0.0309. The Bertz CT molecular complexity index is 844. The normalized spacial score (nSPS) is 10.1. The number of nitrogens with zero attached hydrogens (tertiary/aromatic N) is 1. The lowest BCUT2D eigenvalue weighted by Gasteiger charge is -2.13. The topological polar surface area (TPSA) is 41.6 Å². The van der Waals surface area contributed by atoms with E-state index in [0.29, 0.717) is 26.1 Å². The number of carbonyl (C=O) groups is 1. The molecule has 4 nitrogen and oxygen atoms in total. The number of nitrogens with one attached hydrogen (secondary N) is 1. The molecule has 0 bridgehead atoms. The molecule has 144 valence electrons. The number of amides is 1. The van der Waals surface area contributed by atoms with Crippen LogP contribution in [0.4, 0.5) is 0 Å². The second-order valence-electron chi connectivity index (χ2n) is 6.51. The summed E-state index contributed by atoms with van der Waals surface area (Å²) in [6.07, 6.45) is 11.9. The molecule has 0 spiro atoms. The van der Waals surface area contributed by atoms with Crippen LogP contribution in [0.2, 0.25) is 0 Å². The van der Waals surface area contributed by atoms with E-state index in [9.17, 15) is 4.79 Å². The quantitative estimate of drug-likeness (QED) is 0.650. The maximum absolute atomic E-state index is 11.8. The summed E-state index contributed by atoms with van der Waals surface area (Å²) in [7, 11) is 1.92. The summed E-state index contributed by atoms with van der Waals surface area (Å²) in [6, 6.07) is 15.8. The summed E-state index contributed by atoms with van der Waals surface area (Å²) in [5.41, 5.74) is 3.20. The zero-order valence-electron chi connectivity index (χ0n) is 16.3. The van der Waals surface area contributed by atoms with Crippen LogP contribution in [0.3, 0.4) is 0 Å². The summed E-state index contributed by atoms with van der Waals surface area (Å²) < 4.78 is 5.66. The molecule has 0 saturated carbocycles. The Kier molecular flexibility index (Phi) is 8.66. The lowest BCUT2D eigenvalue weighted by atomic mass is 10.0. The molecule has 0 atom stereocenters.